The molecule has 1 heterocycles. The van der Waals surface area contributed by atoms with Crippen LogP contribution in [0.3, 0.4) is 0 Å². The highest BCUT2D eigenvalue weighted by Crippen LogP contribution is 2.14. The Morgan fingerprint density at radius 1 is 1.42 bits per heavy atom. The number of epoxide rings is 1. The van der Waals surface area contributed by atoms with Crippen LogP contribution in [0.15, 0.2) is 35.2 Å². The molecule has 2 rings (SSSR count). The van der Waals surface area contributed by atoms with E-state index in [-0.39, 0.29) is 6.10 Å². The highest BCUT2D eigenvalue weighted by atomic mass is 32.2. The molecule has 1 aromatic rings. The minimum Gasteiger partial charge on any atom is -0.372 e. The van der Waals surface area contributed by atoms with E-state index in [9.17, 15) is 4.21 Å². The SMILES string of the molecule is O=S(C[C@H]1CO1)c1ccccc1. The summed E-state index contributed by atoms with van der Waals surface area (Å²) in [5, 5.41) is 0. The number of hydrogen-bond acceptors (Lipinski definition) is 2. The molecule has 64 valence electrons. The van der Waals surface area contributed by atoms with Crippen molar-refractivity contribution in [1.29, 1.82) is 0 Å². The maximum absolute atomic E-state index is 11.5. The summed E-state index contributed by atoms with van der Waals surface area (Å²) in [5.74, 6) is 0.643. The van der Waals surface area contributed by atoms with E-state index >= 15 is 0 Å². The van der Waals surface area contributed by atoms with E-state index in [1.807, 2.05) is 30.3 Å². The molecule has 1 unspecified atom stereocenters. The first-order chi connectivity index (χ1) is 5.86. The number of rotatable bonds is 3. The van der Waals surface area contributed by atoms with E-state index in [0.717, 1.165) is 11.5 Å². The molecule has 1 saturated heterocycles. The lowest BCUT2D eigenvalue weighted by atomic mass is 10.4. The van der Waals surface area contributed by atoms with Crippen LogP contribution in [0.5, 0.6) is 0 Å². The van der Waals surface area contributed by atoms with E-state index in [1.165, 1.54) is 0 Å². The van der Waals surface area contributed by atoms with E-state index in [4.69, 9.17) is 4.74 Å². The average Bonchev–Trinajstić information content (AvgIpc) is 2.90. The van der Waals surface area contributed by atoms with Crippen molar-refractivity contribution in [3.8, 4) is 0 Å². The van der Waals surface area contributed by atoms with Gasteiger partial charge in [-0.1, -0.05) is 18.2 Å². The highest BCUT2D eigenvalue weighted by molar-refractivity contribution is 7.85. The summed E-state index contributed by atoms with van der Waals surface area (Å²) in [4.78, 5) is 0.896. The fraction of sp³-hybridized carbons (Fsp3) is 0.333. The average molecular weight is 182 g/mol. The molecule has 0 bridgehead atoms. The zero-order chi connectivity index (χ0) is 8.39. The first-order valence-electron chi connectivity index (χ1n) is 3.91. The van der Waals surface area contributed by atoms with Gasteiger partial charge in [-0.15, -0.1) is 0 Å². The summed E-state index contributed by atoms with van der Waals surface area (Å²) in [5.41, 5.74) is 0. The fourth-order valence-corrected chi connectivity index (χ4v) is 2.18. The van der Waals surface area contributed by atoms with Gasteiger partial charge in [0.1, 0.15) is 0 Å². The van der Waals surface area contributed by atoms with Crippen LogP contribution in [0.25, 0.3) is 0 Å². The van der Waals surface area contributed by atoms with Crippen molar-refractivity contribution >= 4 is 10.8 Å². The van der Waals surface area contributed by atoms with Crippen LogP contribution in [0.2, 0.25) is 0 Å². The molecule has 12 heavy (non-hydrogen) atoms. The van der Waals surface area contributed by atoms with E-state index in [0.29, 0.717) is 5.75 Å². The lowest BCUT2D eigenvalue weighted by Gasteiger charge is -1.97. The quantitative estimate of drug-likeness (QED) is 0.657. The van der Waals surface area contributed by atoms with Gasteiger partial charge in [-0.05, 0) is 12.1 Å². The second kappa shape index (κ2) is 3.37. The van der Waals surface area contributed by atoms with E-state index in [2.05, 4.69) is 0 Å². The van der Waals surface area contributed by atoms with Gasteiger partial charge in [-0.2, -0.15) is 0 Å². The lowest BCUT2D eigenvalue weighted by molar-refractivity contribution is 0.425. The molecule has 1 fully saturated rings. The zero-order valence-electron chi connectivity index (χ0n) is 6.60. The first-order valence-corrected chi connectivity index (χ1v) is 5.23. The standard InChI is InChI=1S/C9H10O2S/c10-12(7-8-6-11-8)9-4-2-1-3-5-9/h1-5,8H,6-7H2/t8-,12?/m1/s1. The summed E-state index contributed by atoms with van der Waals surface area (Å²) in [6.45, 7) is 0.776. The molecule has 1 aromatic carbocycles. The predicted octanol–water partition coefficient (Wildman–Crippen LogP) is 1.19. The normalized spacial score (nSPS) is 23.5. The number of benzene rings is 1. The summed E-state index contributed by atoms with van der Waals surface area (Å²) in [6.07, 6.45) is 0.242. The number of hydrogen-bond donors (Lipinski definition) is 0. The first kappa shape index (κ1) is 7.95. The van der Waals surface area contributed by atoms with Crippen molar-refractivity contribution in [2.75, 3.05) is 12.4 Å². The van der Waals surface area contributed by atoms with Crippen molar-refractivity contribution in [1.82, 2.24) is 0 Å². The lowest BCUT2D eigenvalue weighted by Crippen LogP contribution is -2.03. The Bertz CT molecular complexity index is 280. The minimum absolute atomic E-state index is 0.242. The molecule has 0 spiro atoms. The fourth-order valence-electron chi connectivity index (χ4n) is 1.00. The van der Waals surface area contributed by atoms with Crippen molar-refractivity contribution in [2.45, 2.75) is 11.0 Å². The van der Waals surface area contributed by atoms with Crippen LogP contribution in [-0.2, 0) is 15.5 Å². The van der Waals surface area contributed by atoms with Crippen molar-refractivity contribution in [3.05, 3.63) is 30.3 Å². The molecule has 0 radical (unpaired) electrons. The smallest absolute Gasteiger partial charge is 0.0928 e. The summed E-state index contributed by atoms with van der Waals surface area (Å²) >= 11 is 0. The number of ether oxygens (including phenoxy) is 1. The van der Waals surface area contributed by atoms with Crippen LogP contribution in [-0.4, -0.2) is 22.7 Å². The molecule has 0 N–H and O–H groups in total. The largest absolute Gasteiger partial charge is 0.372 e. The molecular weight excluding hydrogens is 172 g/mol. The second-order valence-electron chi connectivity index (χ2n) is 2.78. The topological polar surface area (TPSA) is 29.6 Å². The predicted molar refractivity (Wildman–Crippen MR) is 47.5 cm³/mol. The van der Waals surface area contributed by atoms with Crippen LogP contribution in [0.4, 0.5) is 0 Å². The summed E-state index contributed by atoms with van der Waals surface area (Å²) < 4.78 is 16.5. The van der Waals surface area contributed by atoms with E-state index in [1.54, 1.807) is 0 Å². The van der Waals surface area contributed by atoms with Gasteiger partial charge in [0, 0.05) is 4.90 Å². The van der Waals surface area contributed by atoms with Gasteiger partial charge in [-0.3, -0.25) is 4.21 Å². The third-order valence-corrected chi connectivity index (χ3v) is 3.22. The maximum Gasteiger partial charge on any atom is 0.0928 e. The van der Waals surface area contributed by atoms with Gasteiger partial charge in [0.25, 0.3) is 0 Å². The third kappa shape index (κ3) is 1.93. The minimum atomic E-state index is -0.876. The Hall–Kier alpha value is -0.670. The van der Waals surface area contributed by atoms with Crippen molar-refractivity contribution in [2.24, 2.45) is 0 Å². The third-order valence-electron chi connectivity index (χ3n) is 1.75. The van der Waals surface area contributed by atoms with Gasteiger partial charge >= 0.3 is 0 Å². The summed E-state index contributed by atoms with van der Waals surface area (Å²) in [6, 6.07) is 9.51. The van der Waals surface area contributed by atoms with Gasteiger partial charge < -0.3 is 4.74 Å². The molecular formula is C9H10O2S. The molecule has 0 aromatic heterocycles. The second-order valence-corrected chi connectivity index (χ2v) is 4.28. The summed E-state index contributed by atoms with van der Waals surface area (Å²) in [7, 11) is -0.876. The van der Waals surface area contributed by atoms with Gasteiger partial charge in [0.15, 0.2) is 0 Å². The molecule has 2 nitrogen and oxygen atoms in total. The molecule has 3 heteroatoms. The van der Waals surface area contributed by atoms with Crippen molar-refractivity contribution < 1.29 is 8.95 Å². The van der Waals surface area contributed by atoms with Gasteiger partial charge in [-0.25, -0.2) is 0 Å². The Morgan fingerprint density at radius 3 is 2.67 bits per heavy atom. The zero-order valence-corrected chi connectivity index (χ0v) is 7.42. The molecule has 0 saturated carbocycles. The highest BCUT2D eigenvalue weighted by Gasteiger charge is 2.25. The molecule has 2 atom stereocenters. The van der Waals surface area contributed by atoms with Crippen LogP contribution < -0.4 is 0 Å². The molecule has 0 aliphatic carbocycles. The maximum atomic E-state index is 11.5. The Labute approximate surface area is 74.0 Å². The van der Waals surface area contributed by atoms with Crippen LogP contribution in [0.1, 0.15) is 0 Å². The molecule has 1 aliphatic rings. The molecule has 0 amide bonds. The Kier molecular flexibility index (Phi) is 2.23. The Balaban J connectivity index is 2.03. The van der Waals surface area contributed by atoms with Gasteiger partial charge in [0.05, 0.1) is 29.3 Å². The monoisotopic (exact) mass is 182 g/mol. The van der Waals surface area contributed by atoms with Gasteiger partial charge in [0.2, 0.25) is 0 Å². The van der Waals surface area contributed by atoms with Crippen LogP contribution in [0, 0.1) is 0 Å². The van der Waals surface area contributed by atoms with Crippen LogP contribution >= 0.6 is 0 Å². The van der Waals surface area contributed by atoms with E-state index < -0.39 is 10.8 Å². The Morgan fingerprint density at radius 2 is 2.08 bits per heavy atom. The molecule has 1 aliphatic heterocycles. The van der Waals surface area contributed by atoms with Crippen molar-refractivity contribution in [3.63, 3.8) is 0 Å².